The molecule has 2 aromatic carbocycles. The van der Waals surface area contributed by atoms with Crippen molar-refractivity contribution in [2.75, 3.05) is 40.3 Å². The molecule has 9 N–H and O–H groups in total. The Bertz CT molecular complexity index is 1650. The van der Waals surface area contributed by atoms with Gasteiger partial charge in [0.15, 0.2) is 0 Å². The van der Waals surface area contributed by atoms with Crippen molar-refractivity contribution >= 4 is 35.8 Å². The normalized spacial score (nSPS) is 18.1. The molecular weight excluding hydrogens is 622 g/mol. The molecule has 48 heavy (non-hydrogen) atoms. The zero-order chi connectivity index (χ0) is 35.4. The third-order valence-corrected chi connectivity index (χ3v) is 7.35. The number of amides is 5. The van der Waals surface area contributed by atoms with Crippen LogP contribution in [0.4, 0.5) is 0 Å². The van der Waals surface area contributed by atoms with Gasteiger partial charge >= 0.3 is 0 Å². The molecule has 1 heterocycles. The molecule has 0 radical (unpaired) electrons. The van der Waals surface area contributed by atoms with E-state index in [4.69, 9.17) is 21.5 Å². The number of likely N-dealkylation sites (N-methyl/N-ethyl adjacent to an activating group) is 1. The lowest BCUT2D eigenvalue weighted by Gasteiger charge is -2.30. The maximum absolute atomic E-state index is 13.9. The fraction of sp³-hybridized carbons (Fsp3) is 0.344. The van der Waals surface area contributed by atoms with Gasteiger partial charge in [-0.05, 0) is 42.3 Å². The van der Waals surface area contributed by atoms with E-state index in [1.54, 1.807) is 30.3 Å². The van der Waals surface area contributed by atoms with Gasteiger partial charge in [0.05, 0.1) is 18.2 Å². The number of aliphatic imine (C=N–C) groups is 1. The van der Waals surface area contributed by atoms with Gasteiger partial charge in [0.2, 0.25) is 23.6 Å². The Kier molecular flexibility index (Phi) is 13.0. The number of aromatic hydroxyl groups is 1. The Balaban J connectivity index is 2.15. The van der Waals surface area contributed by atoms with Gasteiger partial charge in [0, 0.05) is 50.6 Å². The summed E-state index contributed by atoms with van der Waals surface area (Å²) in [6.07, 6.45) is 2.23. The molecule has 16 heteroatoms. The minimum atomic E-state index is -1.35. The minimum Gasteiger partial charge on any atom is -0.507 e. The summed E-state index contributed by atoms with van der Waals surface area (Å²) in [6, 6.07) is 7.43. The van der Waals surface area contributed by atoms with Crippen LogP contribution < -0.4 is 37.5 Å². The molecule has 4 bridgehead atoms. The number of hydrogen-bond acceptors (Lipinski definition) is 11. The van der Waals surface area contributed by atoms with Crippen LogP contribution in [0.1, 0.15) is 24.1 Å². The van der Waals surface area contributed by atoms with E-state index >= 15 is 0 Å². The van der Waals surface area contributed by atoms with Crippen molar-refractivity contribution in [3.05, 3.63) is 59.3 Å². The Morgan fingerprint density at radius 3 is 2.56 bits per heavy atom. The monoisotopic (exact) mass is 661 g/mol. The lowest BCUT2D eigenvalue weighted by Crippen LogP contribution is -2.55. The van der Waals surface area contributed by atoms with E-state index < -0.39 is 54.2 Å². The van der Waals surface area contributed by atoms with E-state index in [0.717, 1.165) is 11.1 Å². The standard InChI is InChI=1S/C32H39N9O7/c1-18-29(44)40-24(31(46)37-10-8-33)13-19-4-6-25(42)22(12-19)23-14-20(5-7-26(23)48-11-9-34)28(32(47)39-18)41(3)27(43)17-38-30(45)21(15-35)16-36-2/h4-7,12,14-16,18,24,28,42H,9-11,13,17,34-35H2,1-3H3,(H,37,46)(H,38,45)(H,39,47)(H,40,44)/b21-15+,36-16?/t18-,24-,28-/m1/s1. The first-order valence-corrected chi connectivity index (χ1v) is 14.9. The summed E-state index contributed by atoms with van der Waals surface area (Å²) in [5.74, 6) is -3.29. The van der Waals surface area contributed by atoms with Gasteiger partial charge in [-0.2, -0.15) is 5.26 Å². The van der Waals surface area contributed by atoms with Crippen molar-refractivity contribution in [2.24, 2.45) is 16.5 Å². The van der Waals surface area contributed by atoms with Crippen molar-refractivity contribution in [1.82, 2.24) is 26.2 Å². The number of hydrogen-bond donors (Lipinski definition) is 7. The third kappa shape index (κ3) is 9.07. The Hall–Kier alpha value is -5.95. The van der Waals surface area contributed by atoms with Crippen LogP contribution in [-0.2, 0) is 30.4 Å². The zero-order valence-electron chi connectivity index (χ0n) is 26.8. The summed E-state index contributed by atoms with van der Waals surface area (Å²) < 4.78 is 5.87. The number of phenolic OH excluding ortho intramolecular Hbond substituents is 1. The lowest BCUT2D eigenvalue weighted by molar-refractivity contribution is -0.140. The number of phenols is 1. The molecule has 0 fully saturated rings. The predicted octanol–water partition coefficient (Wildman–Crippen LogP) is -1.26. The smallest absolute Gasteiger partial charge is 0.254 e. The van der Waals surface area contributed by atoms with E-state index in [0.29, 0.717) is 16.9 Å². The number of nitriles is 1. The molecule has 0 spiro atoms. The van der Waals surface area contributed by atoms with Crippen LogP contribution in [0.5, 0.6) is 11.5 Å². The summed E-state index contributed by atoms with van der Waals surface area (Å²) in [6.45, 7) is 0.902. The van der Waals surface area contributed by atoms with Crippen LogP contribution in [0.15, 0.2) is 53.2 Å². The molecule has 0 aromatic heterocycles. The first-order chi connectivity index (χ1) is 22.9. The number of benzene rings is 2. The maximum atomic E-state index is 13.9. The average molecular weight is 662 g/mol. The first-order valence-electron chi connectivity index (χ1n) is 14.9. The van der Waals surface area contributed by atoms with Gasteiger partial charge in [-0.3, -0.25) is 29.0 Å². The highest BCUT2D eigenvalue weighted by molar-refractivity contribution is 6.12. The van der Waals surface area contributed by atoms with Crippen molar-refractivity contribution in [1.29, 1.82) is 5.26 Å². The average Bonchev–Trinajstić information content (AvgIpc) is 3.07. The van der Waals surface area contributed by atoms with Gasteiger partial charge in [0.25, 0.3) is 5.91 Å². The zero-order valence-corrected chi connectivity index (χ0v) is 26.8. The van der Waals surface area contributed by atoms with E-state index in [1.807, 2.05) is 6.07 Å². The number of nitrogens with two attached hydrogens (primary N) is 2. The van der Waals surface area contributed by atoms with Gasteiger partial charge < -0.3 is 47.5 Å². The molecule has 0 saturated carbocycles. The van der Waals surface area contributed by atoms with E-state index in [-0.39, 0.29) is 48.6 Å². The summed E-state index contributed by atoms with van der Waals surface area (Å²) >= 11 is 0. The number of carbonyl (C=O) groups is 5. The second-order valence-electron chi connectivity index (χ2n) is 10.7. The number of carbonyl (C=O) groups excluding carboxylic acids is 5. The first kappa shape index (κ1) is 36.5. The number of rotatable bonds is 10. The van der Waals surface area contributed by atoms with Crippen LogP contribution in [0.3, 0.4) is 0 Å². The minimum absolute atomic E-state index is 0.0166. The molecule has 0 saturated heterocycles. The Morgan fingerprint density at radius 1 is 1.15 bits per heavy atom. The molecule has 0 unspecified atom stereocenters. The van der Waals surface area contributed by atoms with Crippen LogP contribution >= 0.6 is 0 Å². The molecule has 16 nitrogen and oxygen atoms in total. The second kappa shape index (κ2) is 17.1. The second-order valence-corrected chi connectivity index (χ2v) is 10.7. The van der Waals surface area contributed by atoms with Crippen LogP contribution in [0.25, 0.3) is 11.1 Å². The Labute approximate surface area is 277 Å². The quantitative estimate of drug-likeness (QED) is 0.0904. The SMILES string of the molecule is CN=C/C(=C\N)C(=O)NCC(=O)N(C)[C@H]1C(=O)N[C@H](C)C(=O)N[C@@H](C(=O)NCC#N)Cc2ccc(O)c(c2)-c2cc1ccc2OCCN. The van der Waals surface area contributed by atoms with Crippen molar-refractivity contribution in [2.45, 2.75) is 31.5 Å². The molecular formula is C32H39N9O7. The molecule has 3 rings (SSSR count). The molecule has 1 aliphatic rings. The fourth-order valence-electron chi connectivity index (χ4n) is 4.89. The van der Waals surface area contributed by atoms with Crippen LogP contribution in [0, 0.1) is 11.3 Å². The highest BCUT2D eigenvalue weighted by atomic mass is 16.5. The fourth-order valence-corrected chi connectivity index (χ4v) is 4.89. The van der Waals surface area contributed by atoms with E-state index in [9.17, 15) is 29.1 Å². The highest BCUT2D eigenvalue weighted by Gasteiger charge is 2.33. The van der Waals surface area contributed by atoms with Crippen molar-refractivity contribution in [3.63, 3.8) is 0 Å². The summed E-state index contributed by atoms with van der Waals surface area (Å²) in [5.41, 5.74) is 12.6. The summed E-state index contributed by atoms with van der Waals surface area (Å²) in [4.78, 5) is 70.9. The van der Waals surface area contributed by atoms with Gasteiger partial charge in [-0.25, -0.2) is 0 Å². The maximum Gasteiger partial charge on any atom is 0.254 e. The summed E-state index contributed by atoms with van der Waals surface area (Å²) in [7, 11) is 2.80. The number of nitrogens with one attached hydrogen (secondary N) is 4. The highest BCUT2D eigenvalue weighted by Crippen LogP contribution is 2.39. The molecule has 0 aliphatic carbocycles. The van der Waals surface area contributed by atoms with E-state index in [2.05, 4.69) is 26.3 Å². The van der Waals surface area contributed by atoms with Gasteiger partial charge in [0.1, 0.15) is 42.8 Å². The predicted molar refractivity (Wildman–Crippen MR) is 175 cm³/mol. The van der Waals surface area contributed by atoms with Gasteiger partial charge in [-0.1, -0.05) is 12.1 Å². The van der Waals surface area contributed by atoms with E-state index in [1.165, 1.54) is 33.3 Å². The number of ether oxygens (including phenoxy) is 1. The third-order valence-electron chi connectivity index (χ3n) is 7.35. The van der Waals surface area contributed by atoms with Crippen LogP contribution in [0.2, 0.25) is 0 Å². The molecule has 3 atom stereocenters. The van der Waals surface area contributed by atoms with Gasteiger partial charge in [-0.15, -0.1) is 0 Å². The Morgan fingerprint density at radius 2 is 1.90 bits per heavy atom. The van der Waals surface area contributed by atoms with Crippen LogP contribution in [-0.4, -0.2) is 98.2 Å². The molecule has 5 amide bonds. The molecule has 2 aromatic rings. The number of nitrogens with zero attached hydrogens (tertiary/aromatic N) is 3. The topological polar surface area (TPSA) is 254 Å². The molecule has 254 valence electrons. The number of fused-ring (bicyclic) bond motifs is 5. The van der Waals surface area contributed by atoms with Crippen molar-refractivity contribution < 1.29 is 33.8 Å². The summed E-state index contributed by atoms with van der Waals surface area (Å²) in [5, 5.41) is 30.0. The lowest BCUT2D eigenvalue weighted by atomic mass is 9.93. The van der Waals surface area contributed by atoms with Crippen molar-refractivity contribution in [3.8, 4) is 28.7 Å². The molecule has 1 aliphatic heterocycles. The largest absolute Gasteiger partial charge is 0.507 e.